The Morgan fingerprint density at radius 3 is 1.58 bits per heavy atom. The van der Waals surface area contributed by atoms with Crippen LogP contribution in [0.15, 0.2) is 12.2 Å². The second-order valence-electron chi connectivity index (χ2n) is 3.45. The summed E-state index contributed by atoms with van der Waals surface area (Å²) in [5.41, 5.74) is 0.778. The average molecular weight is 229 g/mol. The summed E-state index contributed by atoms with van der Waals surface area (Å²) in [7, 11) is 0. The Hall–Kier alpha value is -0.0471. The van der Waals surface area contributed by atoms with Crippen LogP contribution in [0.25, 0.3) is 0 Å². The molecule has 0 aromatic carbocycles. The molecule has 0 heterocycles. The third-order valence-electron chi connectivity index (χ3n) is 2.90. The van der Waals surface area contributed by atoms with Gasteiger partial charge in [-0.25, -0.2) is 0 Å². The molecule has 0 N–H and O–H groups in total. The van der Waals surface area contributed by atoms with Gasteiger partial charge in [-0.05, 0) is 0 Å². The van der Waals surface area contributed by atoms with E-state index in [4.69, 9.17) is 0 Å². The molecule has 0 spiro atoms. The minimum atomic E-state index is -2.14. The predicted molar refractivity (Wildman–Crippen MR) is 57.0 cm³/mol. The maximum absolute atomic E-state index is 11.8. The first-order valence-corrected chi connectivity index (χ1v) is 10.2. The minimum absolute atomic E-state index is 0.433. The van der Waals surface area contributed by atoms with E-state index in [2.05, 4.69) is 27.4 Å². The molecule has 0 amide bonds. The number of carbonyl (C=O) groups is 1. The van der Waals surface area contributed by atoms with Gasteiger partial charge in [0.05, 0.1) is 0 Å². The molecule has 0 saturated heterocycles. The second-order valence-corrected chi connectivity index (χ2v) is 14.2. The number of carbonyl (C=O) groups excluding carboxylic acids is 1. The molecule has 1 nitrogen and oxygen atoms in total. The average Bonchev–Trinajstić information content (AvgIpc) is 2.08. The third kappa shape index (κ3) is 2.22. The van der Waals surface area contributed by atoms with Crippen LogP contribution in [0.5, 0.6) is 0 Å². The van der Waals surface area contributed by atoms with Crippen molar-refractivity contribution in [3.63, 3.8) is 0 Å². The van der Waals surface area contributed by atoms with E-state index in [1.807, 2.05) is 6.92 Å². The molecular formula is C10H20GeO. The molecule has 0 aromatic heterocycles. The predicted octanol–water partition coefficient (Wildman–Crippen LogP) is 3.18. The van der Waals surface area contributed by atoms with E-state index in [9.17, 15) is 4.79 Å². The van der Waals surface area contributed by atoms with Crippen molar-refractivity contribution in [2.24, 2.45) is 0 Å². The molecule has 12 heavy (non-hydrogen) atoms. The van der Waals surface area contributed by atoms with Crippen LogP contribution < -0.4 is 0 Å². The molecule has 0 radical (unpaired) electrons. The SMILES string of the molecule is C=C(C)[C](=O)[Ge]([CH2]C)([CH2]C)[CH2]C. The number of rotatable bonds is 5. The molecule has 0 saturated carbocycles. The summed E-state index contributed by atoms with van der Waals surface area (Å²) in [5, 5.41) is 3.33. The Balaban J connectivity index is 4.71. The summed E-state index contributed by atoms with van der Waals surface area (Å²) < 4.78 is 0.433. The summed E-state index contributed by atoms with van der Waals surface area (Å²) >= 11 is -2.14. The summed E-state index contributed by atoms with van der Waals surface area (Å²) in [4.78, 5) is 11.8. The fourth-order valence-electron chi connectivity index (χ4n) is 1.68. The summed E-state index contributed by atoms with van der Waals surface area (Å²) in [6.07, 6.45) is 0. The van der Waals surface area contributed by atoms with E-state index < -0.39 is 13.3 Å². The van der Waals surface area contributed by atoms with Crippen LogP contribution in [-0.4, -0.2) is 17.9 Å². The van der Waals surface area contributed by atoms with Crippen LogP contribution in [0.2, 0.25) is 15.8 Å². The monoisotopic (exact) mass is 230 g/mol. The van der Waals surface area contributed by atoms with Gasteiger partial charge in [0.25, 0.3) is 0 Å². The van der Waals surface area contributed by atoms with E-state index in [1.54, 1.807) is 0 Å². The molecule has 0 aliphatic heterocycles. The Bertz CT molecular complexity index is 172. The molecule has 2 heteroatoms. The van der Waals surface area contributed by atoms with E-state index in [1.165, 1.54) is 0 Å². The number of hydrogen-bond donors (Lipinski definition) is 0. The number of allylic oxidation sites excluding steroid dienone is 1. The van der Waals surface area contributed by atoms with E-state index in [0.717, 1.165) is 21.3 Å². The van der Waals surface area contributed by atoms with Crippen molar-refractivity contribution < 1.29 is 4.79 Å². The summed E-state index contributed by atoms with van der Waals surface area (Å²) in [6.45, 7) is 12.1. The molecule has 0 bridgehead atoms. The molecule has 70 valence electrons. The van der Waals surface area contributed by atoms with Crippen molar-refractivity contribution in [3.8, 4) is 0 Å². The molecule has 0 fully saturated rings. The summed E-state index contributed by atoms with van der Waals surface area (Å²) in [5.74, 6) is 0. The van der Waals surface area contributed by atoms with Crippen molar-refractivity contribution >= 4 is 17.9 Å². The van der Waals surface area contributed by atoms with Gasteiger partial charge in [0.15, 0.2) is 0 Å². The van der Waals surface area contributed by atoms with E-state index in [-0.39, 0.29) is 0 Å². The van der Waals surface area contributed by atoms with Gasteiger partial charge < -0.3 is 0 Å². The van der Waals surface area contributed by atoms with E-state index in [0.29, 0.717) is 4.62 Å². The van der Waals surface area contributed by atoms with Gasteiger partial charge in [-0.2, -0.15) is 0 Å². The van der Waals surface area contributed by atoms with Crippen LogP contribution in [-0.2, 0) is 4.79 Å². The third-order valence-corrected chi connectivity index (χ3v) is 14.3. The molecule has 0 unspecified atom stereocenters. The Morgan fingerprint density at radius 1 is 1.17 bits per heavy atom. The van der Waals surface area contributed by atoms with Gasteiger partial charge in [0.2, 0.25) is 0 Å². The quantitative estimate of drug-likeness (QED) is 0.522. The zero-order valence-electron chi connectivity index (χ0n) is 8.74. The Kier molecular flexibility index (Phi) is 4.83. The van der Waals surface area contributed by atoms with Crippen molar-refractivity contribution in [2.45, 2.75) is 43.5 Å². The van der Waals surface area contributed by atoms with Gasteiger partial charge in [-0.1, -0.05) is 0 Å². The molecule has 0 atom stereocenters. The Labute approximate surface area is 78.6 Å². The fourth-order valence-corrected chi connectivity index (χ4v) is 8.75. The fraction of sp³-hybridized carbons (Fsp3) is 0.700. The zero-order valence-corrected chi connectivity index (χ0v) is 10.8. The van der Waals surface area contributed by atoms with Gasteiger partial charge in [0.1, 0.15) is 0 Å². The normalized spacial score (nSPS) is 11.3. The molecule has 0 aliphatic carbocycles. The van der Waals surface area contributed by atoms with Crippen molar-refractivity contribution in [2.75, 3.05) is 0 Å². The van der Waals surface area contributed by atoms with Crippen LogP contribution in [0.4, 0.5) is 0 Å². The standard InChI is InChI=1S/C10H20GeO/c1-6-11(7-2,8-3)10(12)9(4)5/h4,6-8H2,1-3,5H3. The van der Waals surface area contributed by atoms with Crippen molar-refractivity contribution in [1.82, 2.24) is 0 Å². The molecule has 0 aliphatic rings. The zero-order chi connectivity index (χ0) is 9.78. The molecular weight excluding hydrogens is 209 g/mol. The topological polar surface area (TPSA) is 17.1 Å². The van der Waals surface area contributed by atoms with E-state index >= 15 is 0 Å². The molecule has 0 rings (SSSR count). The van der Waals surface area contributed by atoms with Crippen LogP contribution in [0, 0.1) is 0 Å². The second kappa shape index (κ2) is 4.85. The van der Waals surface area contributed by atoms with Crippen LogP contribution in [0.1, 0.15) is 27.7 Å². The van der Waals surface area contributed by atoms with Crippen LogP contribution in [0.3, 0.4) is 0 Å². The maximum atomic E-state index is 11.8. The van der Waals surface area contributed by atoms with Gasteiger partial charge in [-0.15, -0.1) is 0 Å². The first-order valence-electron chi connectivity index (χ1n) is 4.74. The van der Waals surface area contributed by atoms with Crippen molar-refractivity contribution in [3.05, 3.63) is 12.2 Å². The first-order chi connectivity index (χ1) is 5.54. The Morgan fingerprint density at radius 2 is 1.50 bits per heavy atom. The van der Waals surface area contributed by atoms with Crippen molar-refractivity contribution in [1.29, 1.82) is 0 Å². The van der Waals surface area contributed by atoms with Gasteiger partial charge in [-0.3, -0.25) is 0 Å². The molecule has 0 aromatic rings. The van der Waals surface area contributed by atoms with Gasteiger partial charge in [0, 0.05) is 0 Å². The summed E-state index contributed by atoms with van der Waals surface area (Å²) in [6, 6.07) is 0. The van der Waals surface area contributed by atoms with Crippen LogP contribution >= 0.6 is 0 Å². The first kappa shape index (κ1) is 12.0. The van der Waals surface area contributed by atoms with Gasteiger partial charge >= 0.3 is 78.3 Å². The number of hydrogen-bond acceptors (Lipinski definition) is 1.